The molecule has 3 nitrogen and oxygen atoms in total. The van der Waals surface area contributed by atoms with Crippen molar-refractivity contribution in [2.24, 2.45) is 0 Å². The van der Waals surface area contributed by atoms with Crippen LogP contribution in [0.15, 0.2) is 46.9 Å². The van der Waals surface area contributed by atoms with E-state index in [1.54, 1.807) is 12.1 Å². The van der Waals surface area contributed by atoms with Crippen LogP contribution in [0.25, 0.3) is 0 Å². The molecule has 0 radical (unpaired) electrons. The molecule has 0 fully saturated rings. The molecule has 0 spiro atoms. The second-order valence-electron chi connectivity index (χ2n) is 4.75. The minimum absolute atomic E-state index is 0.125. The Balaban J connectivity index is 1.81. The second kappa shape index (κ2) is 7.33. The Bertz CT molecular complexity index is 629. The van der Waals surface area contributed by atoms with Gasteiger partial charge in [0, 0.05) is 22.3 Å². The zero-order valence-electron chi connectivity index (χ0n) is 11.6. The van der Waals surface area contributed by atoms with E-state index in [4.69, 9.17) is 0 Å². The molecule has 0 aliphatic rings. The van der Waals surface area contributed by atoms with E-state index in [9.17, 15) is 9.18 Å². The Morgan fingerprint density at radius 1 is 1.19 bits per heavy atom. The molecule has 2 N–H and O–H groups in total. The zero-order chi connectivity index (χ0) is 15.2. The summed E-state index contributed by atoms with van der Waals surface area (Å²) in [5.74, 6) is -0.445. The van der Waals surface area contributed by atoms with Crippen molar-refractivity contribution in [2.75, 3.05) is 11.9 Å². The Morgan fingerprint density at radius 2 is 1.90 bits per heavy atom. The number of amides is 1. The summed E-state index contributed by atoms with van der Waals surface area (Å²) < 4.78 is 14.3. The summed E-state index contributed by atoms with van der Waals surface area (Å²) in [6.07, 6.45) is 0. The predicted molar refractivity (Wildman–Crippen MR) is 85.6 cm³/mol. The van der Waals surface area contributed by atoms with Crippen molar-refractivity contribution in [2.45, 2.75) is 13.5 Å². The summed E-state index contributed by atoms with van der Waals surface area (Å²) in [5.41, 5.74) is 2.41. The lowest BCUT2D eigenvalue weighted by molar-refractivity contribution is -0.115. The van der Waals surface area contributed by atoms with Gasteiger partial charge in [0.1, 0.15) is 5.82 Å². The standard InChI is InChI=1S/C16H16BrFN2O/c1-11-2-5-14(6-3-11)20-16(21)10-19-9-12-8-13(17)4-7-15(12)18/h2-8,19H,9-10H2,1H3,(H,20,21). The molecule has 2 aromatic carbocycles. The summed E-state index contributed by atoms with van der Waals surface area (Å²) in [6, 6.07) is 12.3. The number of carbonyl (C=O) groups is 1. The van der Waals surface area contributed by atoms with Crippen LogP contribution >= 0.6 is 15.9 Å². The van der Waals surface area contributed by atoms with E-state index < -0.39 is 0 Å². The van der Waals surface area contributed by atoms with E-state index in [0.29, 0.717) is 12.1 Å². The molecule has 2 aromatic rings. The fourth-order valence-corrected chi connectivity index (χ4v) is 2.24. The Labute approximate surface area is 131 Å². The molecule has 0 aliphatic carbocycles. The average molecular weight is 351 g/mol. The van der Waals surface area contributed by atoms with Crippen molar-refractivity contribution in [1.29, 1.82) is 0 Å². The maximum absolute atomic E-state index is 13.5. The van der Waals surface area contributed by atoms with Crippen LogP contribution in [0.2, 0.25) is 0 Å². The van der Waals surface area contributed by atoms with Gasteiger partial charge in [-0.3, -0.25) is 4.79 Å². The normalized spacial score (nSPS) is 10.4. The van der Waals surface area contributed by atoms with E-state index >= 15 is 0 Å². The van der Waals surface area contributed by atoms with Gasteiger partial charge in [-0.25, -0.2) is 4.39 Å². The van der Waals surface area contributed by atoms with Gasteiger partial charge in [0.2, 0.25) is 5.91 Å². The van der Waals surface area contributed by atoms with Gasteiger partial charge in [0.15, 0.2) is 0 Å². The van der Waals surface area contributed by atoms with E-state index in [-0.39, 0.29) is 18.3 Å². The maximum atomic E-state index is 13.5. The second-order valence-corrected chi connectivity index (χ2v) is 5.67. The van der Waals surface area contributed by atoms with Gasteiger partial charge in [-0.15, -0.1) is 0 Å². The zero-order valence-corrected chi connectivity index (χ0v) is 13.2. The highest BCUT2D eigenvalue weighted by Gasteiger charge is 2.05. The van der Waals surface area contributed by atoms with Crippen LogP contribution in [-0.4, -0.2) is 12.5 Å². The first kappa shape index (κ1) is 15.7. The molecule has 0 saturated heterocycles. The van der Waals surface area contributed by atoms with Crippen LogP contribution in [0.3, 0.4) is 0 Å². The van der Waals surface area contributed by atoms with Gasteiger partial charge in [-0.05, 0) is 37.3 Å². The summed E-state index contributed by atoms with van der Waals surface area (Å²) >= 11 is 3.29. The largest absolute Gasteiger partial charge is 0.325 e. The van der Waals surface area contributed by atoms with Crippen LogP contribution < -0.4 is 10.6 Å². The topological polar surface area (TPSA) is 41.1 Å². The number of aryl methyl sites for hydroxylation is 1. The Morgan fingerprint density at radius 3 is 2.62 bits per heavy atom. The number of benzene rings is 2. The molecule has 0 saturated carbocycles. The number of rotatable bonds is 5. The molecule has 0 aliphatic heterocycles. The molecule has 0 bridgehead atoms. The molecule has 0 unspecified atom stereocenters. The average Bonchev–Trinajstić information content (AvgIpc) is 2.45. The smallest absolute Gasteiger partial charge is 0.238 e. The minimum atomic E-state index is -0.287. The lowest BCUT2D eigenvalue weighted by atomic mass is 10.2. The molecule has 5 heteroatoms. The third-order valence-electron chi connectivity index (χ3n) is 2.94. The summed E-state index contributed by atoms with van der Waals surface area (Å²) in [5, 5.41) is 5.71. The third-order valence-corrected chi connectivity index (χ3v) is 3.44. The SMILES string of the molecule is Cc1ccc(NC(=O)CNCc2cc(Br)ccc2F)cc1. The molecule has 2 rings (SSSR count). The van der Waals surface area contributed by atoms with Crippen molar-refractivity contribution in [3.63, 3.8) is 0 Å². The summed E-state index contributed by atoms with van der Waals surface area (Å²) in [6.45, 7) is 2.41. The molecule has 1 amide bonds. The van der Waals surface area contributed by atoms with E-state index in [0.717, 1.165) is 15.7 Å². The number of hydrogen-bond acceptors (Lipinski definition) is 2. The number of carbonyl (C=O) groups excluding carboxylic acids is 1. The summed E-state index contributed by atoms with van der Waals surface area (Å²) in [4.78, 5) is 11.8. The van der Waals surface area contributed by atoms with Gasteiger partial charge in [-0.1, -0.05) is 33.6 Å². The minimum Gasteiger partial charge on any atom is -0.325 e. The van der Waals surface area contributed by atoms with Crippen LogP contribution in [0.4, 0.5) is 10.1 Å². The predicted octanol–water partition coefficient (Wildman–Crippen LogP) is 3.62. The first-order valence-electron chi connectivity index (χ1n) is 6.56. The number of hydrogen-bond donors (Lipinski definition) is 2. The Kier molecular flexibility index (Phi) is 5.47. The van der Waals surface area contributed by atoms with Crippen LogP contribution in [0.5, 0.6) is 0 Å². The monoisotopic (exact) mass is 350 g/mol. The molecular weight excluding hydrogens is 335 g/mol. The molecule has 0 aromatic heterocycles. The number of nitrogens with one attached hydrogen (secondary N) is 2. The van der Waals surface area contributed by atoms with Crippen molar-refractivity contribution in [3.8, 4) is 0 Å². The molecule has 0 heterocycles. The maximum Gasteiger partial charge on any atom is 0.238 e. The quantitative estimate of drug-likeness (QED) is 0.864. The highest BCUT2D eigenvalue weighted by Crippen LogP contribution is 2.15. The Hall–Kier alpha value is -1.72. The van der Waals surface area contributed by atoms with Gasteiger partial charge < -0.3 is 10.6 Å². The van der Waals surface area contributed by atoms with Gasteiger partial charge >= 0.3 is 0 Å². The highest BCUT2D eigenvalue weighted by molar-refractivity contribution is 9.10. The summed E-state index contributed by atoms with van der Waals surface area (Å²) in [7, 11) is 0. The first-order valence-corrected chi connectivity index (χ1v) is 7.35. The van der Waals surface area contributed by atoms with Crippen LogP contribution in [0, 0.1) is 12.7 Å². The van der Waals surface area contributed by atoms with E-state index in [1.165, 1.54) is 6.07 Å². The molecular formula is C16H16BrFN2O. The fourth-order valence-electron chi connectivity index (χ4n) is 1.83. The van der Waals surface area contributed by atoms with Crippen LogP contribution in [-0.2, 0) is 11.3 Å². The molecule has 0 atom stereocenters. The fraction of sp³-hybridized carbons (Fsp3) is 0.188. The van der Waals surface area contributed by atoms with Crippen molar-refractivity contribution in [1.82, 2.24) is 5.32 Å². The lowest BCUT2D eigenvalue weighted by Crippen LogP contribution is -2.28. The van der Waals surface area contributed by atoms with Crippen molar-refractivity contribution in [3.05, 3.63) is 63.9 Å². The lowest BCUT2D eigenvalue weighted by Gasteiger charge is -2.08. The van der Waals surface area contributed by atoms with Gasteiger partial charge in [0.25, 0.3) is 0 Å². The third kappa shape index (κ3) is 4.95. The van der Waals surface area contributed by atoms with Gasteiger partial charge in [-0.2, -0.15) is 0 Å². The van der Waals surface area contributed by atoms with Gasteiger partial charge in [0.05, 0.1) is 6.54 Å². The molecule has 21 heavy (non-hydrogen) atoms. The highest BCUT2D eigenvalue weighted by atomic mass is 79.9. The van der Waals surface area contributed by atoms with Crippen LogP contribution in [0.1, 0.15) is 11.1 Å². The number of anilines is 1. The van der Waals surface area contributed by atoms with Crippen molar-refractivity contribution < 1.29 is 9.18 Å². The first-order chi connectivity index (χ1) is 10.0. The van der Waals surface area contributed by atoms with E-state index in [1.807, 2.05) is 31.2 Å². The number of halogens is 2. The van der Waals surface area contributed by atoms with E-state index in [2.05, 4.69) is 26.6 Å². The van der Waals surface area contributed by atoms with Crippen molar-refractivity contribution >= 4 is 27.5 Å². The molecule has 110 valence electrons.